The van der Waals surface area contributed by atoms with Gasteiger partial charge in [0.25, 0.3) is 5.91 Å². The molecule has 45 heavy (non-hydrogen) atoms. The van der Waals surface area contributed by atoms with Crippen LogP contribution in [0.5, 0.6) is 0 Å². The molecule has 0 unspecified atom stereocenters. The van der Waals surface area contributed by atoms with E-state index in [1.54, 1.807) is 42.9 Å². The molecule has 0 spiro atoms. The first kappa shape index (κ1) is 31.7. The van der Waals surface area contributed by atoms with Gasteiger partial charge in [0.05, 0.1) is 17.4 Å². The average Bonchev–Trinajstić information content (AvgIpc) is 3.38. The number of aliphatic hydroxyl groups excluding tert-OH is 1. The van der Waals surface area contributed by atoms with Crippen LogP contribution in [0.2, 0.25) is 0 Å². The Kier molecular flexibility index (Phi) is 9.25. The highest BCUT2D eigenvalue weighted by atomic mass is 19.4. The molecule has 0 saturated carbocycles. The highest BCUT2D eigenvalue weighted by Gasteiger charge is 2.33. The Morgan fingerprint density at radius 2 is 1.78 bits per heavy atom. The zero-order valence-corrected chi connectivity index (χ0v) is 25.5. The summed E-state index contributed by atoms with van der Waals surface area (Å²) < 4.78 is 43.3. The van der Waals surface area contributed by atoms with Crippen molar-refractivity contribution < 1.29 is 23.1 Å². The second-order valence-electron chi connectivity index (χ2n) is 11.1. The molecule has 2 aromatic carbocycles. The molecule has 238 valence electrons. The van der Waals surface area contributed by atoms with E-state index in [-0.39, 0.29) is 5.56 Å². The van der Waals surface area contributed by atoms with E-state index in [2.05, 4.69) is 35.9 Å². The fourth-order valence-corrected chi connectivity index (χ4v) is 5.19. The van der Waals surface area contributed by atoms with Crippen LogP contribution < -0.4 is 20.9 Å². The van der Waals surface area contributed by atoms with Crippen molar-refractivity contribution in [2.75, 3.05) is 60.6 Å². The van der Waals surface area contributed by atoms with E-state index in [1.807, 2.05) is 24.8 Å². The second kappa shape index (κ2) is 13.1. The number of anilines is 5. The summed E-state index contributed by atoms with van der Waals surface area (Å²) in [7, 11) is 1.75. The Morgan fingerprint density at radius 1 is 1.02 bits per heavy atom. The van der Waals surface area contributed by atoms with Gasteiger partial charge >= 0.3 is 6.18 Å². The quantitative estimate of drug-likeness (QED) is 0.208. The predicted molar refractivity (Wildman–Crippen MR) is 168 cm³/mol. The van der Waals surface area contributed by atoms with Gasteiger partial charge in [-0.2, -0.15) is 23.0 Å². The average molecular weight is 624 g/mol. The number of aliphatic hydroxyl groups is 1. The van der Waals surface area contributed by atoms with Crippen molar-refractivity contribution in [3.63, 3.8) is 0 Å². The van der Waals surface area contributed by atoms with Crippen molar-refractivity contribution in [3.05, 3.63) is 77.2 Å². The first-order valence-corrected chi connectivity index (χ1v) is 14.5. The number of aryl methyl sites for hydroxylation is 2. The Bertz CT molecular complexity index is 1660. The number of carbonyl (C=O) groups is 1. The molecule has 5 rings (SSSR count). The van der Waals surface area contributed by atoms with Crippen LogP contribution >= 0.6 is 0 Å². The SMILES string of the molecule is CNc1cc(-n2nc(C)cc2Nc2cc(NC(=O)c3cc(N4CCN(C[C@@H](C)O)CC4)cc(C(F)(F)F)c3)ccc2C)ncn1. The molecule has 14 heteroatoms. The van der Waals surface area contributed by atoms with Crippen molar-refractivity contribution in [1.82, 2.24) is 24.6 Å². The van der Waals surface area contributed by atoms with E-state index in [1.165, 1.54) is 12.4 Å². The lowest BCUT2D eigenvalue weighted by atomic mass is 10.1. The van der Waals surface area contributed by atoms with E-state index in [4.69, 9.17) is 0 Å². The zero-order chi connectivity index (χ0) is 32.3. The molecule has 1 fully saturated rings. The molecule has 2 aromatic heterocycles. The molecule has 1 atom stereocenters. The highest BCUT2D eigenvalue weighted by molar-refractivity contribution is 6.05. The van der Waals surface area contributed by atoms with E-state index < -0.39 is 23.8 Å². The van der Waals surface area contributed by atoms with Crippen LogP contribution in [-0.2, 0) is 6.18 Å². The van der Waals surface area contributed by atoms with Gasteiger partial charge in [0.1, 0.15) is 18.0 Å². The maximum atomic E-state index is 13.9. The molecule has 11 nitrogen and oxygen atoms in total. The summed E-state index contributed by atoms with van der Waals surface area (Å²) in [6.07, 6.45) is -3.69. The smallest absolute Gasteiger partial charge is 0.392 e. The molecule has 1 aliphatic rings. The number of β-amino-alcohol motifs (C(OH)–C–C–N with tert-alkyl or cyclic N) is 1. The number of hydrogen-bond acceptors (Lipinski definition) is 9. The van der Waals surface area contributed by atoms with Crippen LogP contribution in [0, 0.1) is 13.8 Å². The van der Waals surface area contributed by atoms with Crippen LogP contribution in [0.25, 0.3) is 5.82 Å². The molecule has 4 aromatic rings. The predicted octanol–water partition coefficient (Wildman–Crippen LogP) is 4.84. The number of halogens is 3. The van der Waals surface area contributed by atoms with Crippen LogP contribution in [0.15, 0.2) is 54.9 Å². The van der Waals surface area contributed by atoms with Crippen molar-refractivity contribution in [1.29, 1.82) is 0 Å². The van der Waals surface area contributed by atoms with Gasteiger partial charge in [0.2, 0.25) is 0 Å². The Balaban J connectivity index is 1.37. The number of piperazine rings is 1. The zero-order valence-electron chi connectivity index (χ0n) is 25.5. The largest absolute Gasteiger partial charge is 0.416 e. The topological polar surface area (TPSA) is 123 Å². The minimum atomic E-state index is -4.63. The number of alkyl halides is 3. The highest BCUT2D eigenvalue weighted by Crippen LogP contribution is 2.34. The molecule has 1 amide bonds. The summed E-state index contributed by atoms with van der Waals surface area (Å²) in [5.41, 5.74) is 2.02. The molecule has 0 bridgehead atoms. The van der Waals surface area contributed by atoms with Crippen LogP contribution in [-0.4, -0.2) is 81.5 Å². The van der Waals surface area contributed by atoms with Gasteiger partial charge in [-0.15, -0.1) is 0 Å². The maximum absolute atomic E-state index is 13.9. The van der Waals surface area contributed by atoms with Gasteiger partial charge in [-0.3, -0.25) is 9.69 Å². The molecule has 0 radical (unpaired) electrons. The molecular formula is C31H36F3N9O2. The Hall–Kier alpha value is -4.69. The number of benzene rings is 2. The first-order valence-electron chi connectivity index (χ1n) is 14.5. The van der Waals surface area contributed by atoms with E-state index >= 15 is 0 Å². The molecule has 1 aliphatic heterocycles. The number of nitrogens with zero attached hydrogens (tertiary/aromatic N) is 6. The number of nitrogens with one attached hydrogen (secondary N) is 3. The third-order valence-corrected chi connectivity index (χ3v) is 7.48. The summed E-state index contributed by atoms with van der Waals surface area (Å²) in [5.74, 6) is 1.12. The summed E-state index contributed by atoms with van der Waals surface area (Å²) >= 11 is 0. The second-order valence-corrected chi connectivity index (χ2v) is 11.1. The number of aromatic nitrogens is 4. The number of hydrogen-bond donors (Lipinski definition) is 4. The summed E-state index contributed by atoms with van der Waals surface area (Å²) in [6.45, 7) is 8.08. The van der Waals surface area contributed by atoms with Gasteiger partial charge < -0.3 is 26.0 Å². The minimum absolute atomic E-state index is 0.0980. The van der Waals surface area contributed by atoms with Gasteiger partial charge in [0.15, 0.2) is 5.82 Å². The number of rotatable bonds is 9. The maximum Gasteiger partial charge on any atom is 0.416 e. The summed E-state index contributed by atoms with van der Waals surface area (Å²) in [6, 6.07) is 12.3. The standard InChI is InChI=1S/C31H36F3N9O2/c1-19-5-6-24(15-26(19)39-29-11-20(2)40-43(29)28-16-27(35-4)36-18-37-28)38-30(45)22-12-23(31(32,33)34)14-25(13-22)42-9-7-41(8-10-42)17-21(3)44/h5-6,11-16,18,21,39,44H,7-10,17H2,1-4H3,(H,38,45)(H,35,36,37)/t21-/m1/s1. The first-order chi connectivity index (χ1) is 21.4. The van der Waals surface area contributed by atoms with Crippen LogP contribution in [0.4, 0.5) is 41.9 Å². The fourth-order valence-electron chi connectivity index (χ4n) is 5.19. The van der Waals surface area contributed by atoms with Crippen molar-refractivity contribution in [2.24, 2.45) is 0 Å². The lowest BCUT2D eigenvalue weighted by molar-refractivity contribution is -0.137. The number of amides is 1. The molecular weight excluding hydrogens is 587 g/mol. The van der Waals surface area contributed by atoms with Gasteiger partial charge in [-0.25, -0.2) is 9.97 Å². The van der Waals surface area contributed by atoms with Crippen LogP contribution in [0.3, 0.4) is 0 Å². The molecule has 0 aliphatic carbocycles. The van der Waals surface area contributed by atoms with Crippen molar-refractivity contribution >= 4 is 34.6 Å². The van der Waals surface area contributed by atoms with E-state index in [9.17, 15) is 23.1 Å². The lowest BCUT2D eigenvalue weighted by Gasteiger charge is -2.37. The van der Waals surface area contributed by atoms with Gasteiger partial charge in [-0.1, -0.05) is 6.07 Å². The van der Waals surface area contributed by atoms with Crippen LogP contribution in [0.1, 0.15) is 34.1 Å². The molecule has 4 N–H and O–H groups in total. The van der Waals surface area contributed by atoms with Crippen molar-refractivity contribution in [3.8, 4) is 5.82 Å². The molecule has 3 heterocycles. The lowest BCUT2D eigenvalue weighted by Crippen LogP contribution is -2.48. The van der Waals surface area contributed by atoms with Gasteiger partial charge in [-0.05, 0) is 56.7 Å². The Labute approximate surface area is 259 Å². The van der Waals surface area contributed by atoms with Crippen molar-refractivity contribution in [2.45, 2.75) is 33.1 Å². The Morgan fingerprint density at radius 3 is 2.47 bits per heavy atom. The third kappa shape index (κ3) is 7.70. The monoisotopic (exact) mass is 623 g/mol. The number of carbonyl (C=O) groups excluding carboxylic acids is 1. The summed E-state index contributed by atoms with van der Waals surface area (Å²) in [5, 5.41) is 23.3. The minimum Gasteiger partial charge on any atom is -0.392 e. The van der Waals surface area contributed by atoms with E-state index in [0.29, 0.717) is 67.2 Å². The summed E-state index contributed by atoms with van der Waals surface area (Å²) in [4.78, 5) is 25.7. The fraction of sp³-hybridized carbons (Fsp3) is 0.355. The third-order valence-electron chi connectivity index (χ3n) is 7.48. The normalized spacial score (nSPS) is 14.7. The van der Waals surface area contributed by atoms with E-state index in [0.717, 1.165) is 23.4 Å². The van der Waals surface area contributed by atoms with Gasteiger partial charge in [0, 0.05) is 74.5 Å². The molecule has 1 saturated heterocycles.